The molecular formula is C29H39ClN2O3. The molecule has 0 radical (unpaired) electrons. The van der Waals surface area contributed by atoms with Crippen molar-refractivity contribution >= 4 is 28.3 Å². The molecule has 6 atom stereocenters. The second-order valence-electron chi connectivity index (χ2n) is 11.4. The number of aliphatic hydroxyl groups is 2. The van der Waals surface area contributed by atoms with Crippen LogP contribution in [0.5, 0.6) is 0 Å². The topological polar surface area (TPSA) is 78.5 Å². The maximum atomic E-state index is 12.3. The van der Waals surface area contributed by atoms with Gasteiger partial charge in [0.1, 0.15) is 5.52 Å². The standard InChI is InChI=1S/C27H32ClNO3.C2H7N/c1-16-29-22-14-18(4-7-23(22)32-16)21-6-8-24-25(21,2)11-12-26(28)15-19-13-20(30)5-3-17(19)9-10-27(24,26)31;1-3-2/h4,6-7,14-15,17,20,24,30-31H,3,5,8-13H2,1-2H3;3H,1-2H3/t17?,20?,24?,25?,26?,27-;/m0./s1. The van der Waals surface area contributed by atoms with Gasteiger partial charge in [0.15, 0.2) is 11.5 Å². The Morgan fingerprint density at radius 3 is 2.69 bits per heavy atom. The van der Waals surface area contributed by atoms with Crippen LogP contribution >= 0.6 is 11.6 Å². The number of aryl methyl sites for hydroxylation is 1. The van der Waals surface area contributed by atoms with E-state index in [1.807, 2.05) is 27.1 Å². The molecule has 0 spiro atoms. The first kappa shape index (κ1) is 25.0. The van der Waals surface area contributed by atoms with Gasteiger partial charge in [-0.3, -0.25) is 0 Å². The number of aliphatic hydroxyl groups excluding tert-OH is 1. The van der Waals surface area contributed by atoms with E-state index in [-0.39, 0.29) is 17.4 Å². The van der Waals surface area contributed by atoms with E-state index in [1.165, 1.54) is 16.7 Å². The van der Waals surface area contributed by atoms with E-state index in [0.717, 1.165) is 56.0 Å². The molecule has 3 N–H and O–H groups in total. The van der Waals surface area contributed by atoms with E-state index >= 15 is 0 Å². The molecule has 0 aliphatic heterocycles. The zero-order valence-corrected chi connectivity index (χ0v) is 22.2. The monoisotopic (exact) mass is 498 g/mol. The minimum Gasteiger partial charge on any atom is -0.441 e. The van der Waals surface area contributed by atoms with Gasteiger partial charge in [-0.1, -0.05) is 30.7 Å². The minimum atomic E-state index is -0.955. The average Bonchev–Trinajstić information content (AvgIpc) is 3.32. The van der Waals surface area contributed by atoms with Crippen molar-refractivity contribution in [2.45, 2.75) is 81.8 Å². The Hall–Kier alpha value is -1.66. The minimum absolute atomic E-state index is 0.0768. The van der Waals surface area contributed by atoms with Gasteiger partial charge in [0.25, 0.3) is 0 Å². The molecule has 2 aromatic rings. The lowest BCUT2D eigenvalue weighted by Gasteiger charge is -2.56. The zero-order valence-electron chi connectivity index (χ0n) is 21.4. The third kappa shape index (κ3) is 3.99. The molecule has 2 fully saturated rings. The summed E-state index contributed by atoms with van der Waals surface area (Å²) in [5.74, 6) is 1.20. The van der Waals surface area contributed by atoms with Gasteiger partial charge in [0.05, 0.1) is 16.6 Å². The Morgan fingerprint density at radius 2 is 1.91 bits per heavy atom. The molecule has 190 valence electrons. The number of oxazole rings is 1. The summed E-state index contributed by atoms with van der Waals surface area (Å²) in [6, 6.07) is 6.27. The number of alkyl halides is 1. The van der Waals surface area contributed by atoms with E-state index in [4.69, 9.17) is 16.0 Å². The van der Waals surface area contributed by atoms with Gasteiger partial charge in [-0.15, -0.1) is 11.6 Å². The Bertz CT molecular complexity index is 1170. The van der Waals surface area contributed by atoms with Gasteiger partial charge < -0.3 is 19.9 Å². The SMILES string of the molecule is CNC.Cc1nc2cc(C3=CCC4C3(C)CCC3(Cl)C=C5CC(O)CCC5CC[C@]43O)ccc2o1. The number of nitrogens with one attached hydrogen (secondary N) is 1. The fourth-order valence-corrected chi connectivity index (χ4v) is 7.91. The molecule has 6 heteroatoms. The molecule has 0 amide bonds. The van der Waals surface area contributed by atoms with Crippen molar-refractivity contribution in [1.29, 1.82) is 0 Å². The number of allylic oxidation sites excluding steroid dienone is 2. The summed E-state index contributed by atoms with van der Waals surface area (Å²) in [5.41, 5.74) is 4.37. The molecule has 5 nitrogen and oxygen atoms in total. The first-order valence-electron chi connectivity index (χ1n) is 13.1. The van der Waals surface area contributed by atoms with Crippen molar-refractivity contribution in [1.82, 2.24) is 10.3 Å². The predicted octanol–water partition coefficient (Wildman–Crippen LogP) is 5.77. The van der Waals surface area contributed by atoms with Crippen molar-refractivity contribution < 1.29 is 14.6 Å². The number of benzene rings is 1. The fourth-order valence-electron chi connectivity index (χ4n) is 7.45. The van der Waals surface area contributed by atoms with E-state index in [2.05, 4.69) is 41.5 Å². The van der Waals surface area contributed by atoms with Gasteiger partial charge in [-0.25, -0.2) is 4.98 Å². The second-order valence-corrected chi connectivity index (χ2v) is 12.1. The second kappa shape index (κ2) is 9.02. The van der Waals surface area contributed by atoms with Crippen LogP contribution in [0, 0.1) is 24.2 Å². The van der Waals surface area contributed by atoms with E-state index in [1.54, 1.807) is 0 Å². The summed E-state index contributed by atoms with van der Waals surface area (Å²) in [5, 5.41) is 25.3. The zero-order chi connectivity index (χ0) is 25.0. The lowest BCUT2D eigenvalue weighted by atomic mass is 9.54. The third-order valence-corrected chi connectivity index (χ3v) is 9.81. The van der Waals surface area contributed by atoms with Crippen LogP contribution in [-0.2, 0) is 0 Å². The first-order valence-corrected chi connectivity index (χ1v) is 13.5. The molecule has 2 saturated carbocycles. The molecule has 0 bridgehead atoms. The molecule has 35 heavy (non-hydrogen) atoms. The number of rotatable bonds is 1. The van der Waals surface area contributed by atoms with Crippen LogP contribution in [0.3, 0.4) is 0 Å². The lowest BCUT2D eigenvalue weighted by molar-refractivity contribution is -0.106. The normalized spacial score (nSPS) is 38.3. The molecule has 4 aliphatic rings. The summed E-state index contributed by atoms with van der Waals surface area (Å²) in [6.45, 7) is 4.19. The Morgan fingerprint density at radius 1 is 1.14 bits per heavy atom. The highest BCUT2D eigenvalue weighted by Crippen LogP contribution is 2.65. The average molecular weight is 499 g/mol. The molecule has 0 saturated heterocycles. The summed E-state index contributed by atoms with van der Waals surface area (Å²) in [7, 11) is 3.75. The lowest BCUT2D eigenvalue weighted by Crippen LogP contribution is -2.61. The number of nitrogens with zero attached hydrogens (tertiary/aromatic N) is 1. The van der Waals surface area contributed by atoms with Crippen LogP contribution in [0.1, 0.15) is 69.7 Å². The third-order valence-electron chi connectivity index (χ3n) is 9.18. The van der Waals surface area contributed by atoms with Crippen LogP contribution in [-0.4, -0.2) is 45.9 Å². The van der Waals surface area contributed by atoms with Crippen molar-refractivity contribution in [3.63, 3.8) is 0 Å². The predicted molar refractivity (Wildman–Crippen MR) is 141 cm³/mol. The van der Waals surface area contributed by atoms with Crippen molar-refractivity contribution in [2.24, 2.45) is 17.3 Å². The van der Waals surface area contributed by atoms with Crippen LogP contribution in [0.4, 0.5) is 0 Å². The van der Waals surface area contributed by atoms with Gasteiger partial charge >= 0.3 is 0 Å². The highest BCUT2D eigenvalue weighted by atomic mass is 35.5. The molecular weight excluding hydrogens is 460 g/mol. The molecule has 5 unspecified atom stereocenters. The molecule has 4 aliphatic carbocycles. The smallest absolute Gasteiger partial charge is 0.192 e. The quantitative estimate of drug-likeness (QED) is 0.344. The molecule has 1 aromatic carbocycles. The van der Waals surface area contributed by atoms with Crippen molar-refractivity contribution in [3.8, 4) is 0 Å². The molecule has 6 rings (SSSR count). The summed E-state index contributed by atoms with van der Waals surface area (Å²) in [4.78, 5) is 3.77. The summed E-state index contributed by atoms with van der Waals surface area (Å²) in [6.07, 6.45) is 11.0. The first-order chi connectivity index (χ1) is 16.6. The molecule has 1 aromatic heterocycles. The van der Waals surface area contributed by atoms with Crippen LogP contribution in [0.2, 0.25) is 0 Å². The number of halogens is 1. The van der Waals surface area contributed by atoms with Crippen LogP contribution in [0.15, 0.2) is 40.3 Å². The Labute approximate surface area is 213 Å². The fraction of sp³-hybridized carbons (Fsp3) is 0.621. The van der Waals surface area contributed by atoms with E-state index in [0.29, 0.717) is 18.2 Å². The Balaban J connectivity index is 0.000000806. The number of hydrogen-bond donors (Lipinski definition) is 3. The van der Waals surface area contributed by atoms with Crippen LogP contribution < -0.4 is 5.32 Å². The number of aromatic nitrogens is 1. The van der Waals surface area contributed by atoms with Crippen LogP contribution in [0.25, 0.3) is 16.7 Å². The van der Waals surface area contributed by atoms with E-state index < -0.39 is 10.5 Å². The maximum absolute atomic E-state index is 12.3. The van der Waals surface area contributed by atoms with Gasteiger partial charge in [0.2, 0.25) is 0 Å². The summed E-state index contributed by atoms with van der Waals surface area (Å²) >= 11 is 7.34. The van der Waals surface area contributed by atoms with E-state index in [9.17, 15) is 10.2 Å². The highest BCUT2D eigenvalue weighted by Gasteiger charge is 2.64. The van der Waals surface area contributed by atoms with Gasteiger partial charge in [-0.05, 0) is 100 Å². The van der Waals surface area contributed by atoms with Gasteiger partial charge in [-0.2, -0.15) is 0 Å². The largest absolute Gasteiger partial charge is 0.441 e. The van der Waals surface area contributed by atoms with Crippen molar-refractivity contribution in [2.75, 3.05) is 14.1 Å². The number of hydrogen-bond acceptors (Lipinski definition) is 5. The Kier molecular flexibility index (Phi) is 6.45. The maximum Gasteiger partial charge on any atom is 0.192 e. The molecule has 1 heterocycles. The summed E-state index contributed by atoms with van der Waals surface area (Å²) < 4.78 is 5.67. The highest BCUT2D eigenvalue weighted by molar-refractivity contribution is 6.26. The number of fused-ring (bicyclic) bond motifs is 5. The van der Waals surface area contributed by atoms with Crippen molar-refractivity contribution in [3.05, 3.63) is 47.4 Å². The van der Waals surface area contributed by atoms with Gasteiger partial charge in [0, 0.05) is 12.8 Å².